The van der Waals surface area contributed by atoms with Gasteiger partial charge in [-0.15, -0.1) is 11.3 Å². The number of carbonyl (C=O) groups excluding carboxylic acids is 1. The standard InChI is InChI=1S/C12H18N2O2S/c1-3-16-12(15)6-11-13-10(8-17-11)9-4-5-14(2)7-9/h8-9H,3-7H2,1-2H3. The summed E-state index contributed by atoms with van der Waals surface area (Å²) in [6.45, 7) is 4.46. The molecule has 2 heterocycles. The molecule has 94 valence electrons. The maximum Gasteiger partial charge on any atom is 0.312 e. The fourth-order valence-corrected chi connectivity index (χ4v) is 2.97. The minimum absolute atomic E-state index is 0.183. The molecule has 0 aliphatic carbocycles. The fourth-order valence-electron chi connectivity index (χ4n) is 2.11. The number of carbonyl (C=O) groups is 1. The summed E-state index contributed by atoms with van der Waals surface area (Å²) in [6.07, 6.45) is 1.47. The highest BCUT2D eigenvalue weighted by molar-refractivity contribution is 7.09. The molecule has 0 spiro atoms. The first-order valence-electron chi connectivity index (χ1n) is 5.97. The van der Waals surface area contributed by atoms with Crippen molar-refractivity contribution in [1.82, 2.24) is 9.88 Å². The van der Waals surface area contributed by atoms with Gasteiger partial charge < -0.3 is 9.64 Å². The second-order valence-electron chi connectivity index (χ2n) is 4.40. The van der Waals surface area contributed by atoms with Crippen molar-refractivity contribution in [1.29, 1.82) is 0 Å². The fraction of sp³-hybridized carbons (Fsp3) is 0.667. The SMILES string of the molecule is CCOC(=O)Cc1nc(C2CCN(C)C2)cs1. The van der Waals surface area contributed by atoms with E-state index in [9.17, 15) is 4.79 Å². The number of aromatic nitrogens is 1. The molecule has 1 aliphatic heterocycles. The number of thiazole rings is 1. The van der Waals surface area contributed by atoms with Crippen LogP contribution in [0.15, 0.2) is 5.38 Å². The largest absolute Gasteiger partial charge is 0.466 e. The van der Waals surface area contributed by atoms with Crippen LogP contribution in [0, 0.1) is 0 Å². The number of esters is 1. The summed E-state index contributed by atoms with van der Waals surface area (Å²) in [5, 5.41) is 2.95. The molecule has 0 amide bonds. The Balaban J connectivity index is 1.94. The minimum atomic E-state index is -0.183. The zero-order chi connectivity index (χ0) is 12.3. The van der Waals surface area contributed by atoms with Gasteiger partial charge in [-0.1, -0.05) is 0 Å². The van der Waals surface area contributed by atoms with E-state index in [1.54, 1.807) is 11.3 Å². The second kappa shape index (κ2) is 5.60. The van der Waals surface area contributed by atoms with E-state index in [2.05, 4.69) is 22.3 Å². The highest BCUT2D eigenvalue weighted by atomic mass is 32.1. The molecular weight excluding hydrogens is 236 g/mol. The zero-order valence-electron chi connectivity index (χ0n) is 10.3. The van der Waals surface area contributed by atoms with Crippen molar-refractivity contribution in [2.75, 3.05) is 26.7 Å². The molecule has 1 unspecified atom stereocenters. The van der Waals surface area contributed by atoms with E-state index < -0.39 is 0 Å². The molecule has 1 aromatic rings. The van der Waals surface area contributed by atoms with E-state index >= 15 is 0 Å². The van der Waals surface area contributed by atoms with Crippen LogP contribution in [0.1, 0.15) is 30.0 Å². The zero-order valence-corrected chi connectivity index (χ0v) is 11.1. The molecule has 0 saturated carbocycles. The van der Waals surface area contributed by atoms with E-state index in [4.69, 9.17) is 4.74 Å². The summed E-state index contributed by atoms with van der Waals surface area (Å²) in [4.78, 5) is 18.2. The van der Waals surface area contributed by atoms with Gasteiger partial charge in [0, 0.05) is 17.8 Å². The van der Waals surface area contributed by atoms with E-state index in [1.165, 1.54) is 6.42 Å². The van der Waals surface area contributed by atoms with Crippen LogP contribution in [0.25, 0.3) is 0 Å². The van der Waals surface area contributed by atoms with E-state index in [0.29, 0.717) is 18.9 Å². The Morgan fingerprint density at radius 1 is 1.71 bits per heavy atom. The molecule has 17 heavy (non-hydrogen) atoms. The average molecular weight is 254 g/mol. The maximum absolute atomic E-state index is 11.3. The highest BCUT2D eigenvalue weighted by Crippen LogP contribution is 2.27. The van der Waals surface area contributed by atoms with Crippen molar-refractivity contribution in [3.63, 3.8) is 0 Å². The number of likely N-dealkylation sites (N-methyl/N-ethyl adjacent to an activating group) is 1. The number of nitrogens with zero attached hydrogens (tertiary/aromatic N) is 2. The van der Waals surface area contributed by atoms with Crippen LogP contribution in [0.2, 0.25) is 0 Å². The summed E-state index contributed by atoms with van der Waals surface area (Å²) in [6, 6.07) is 0. The van der Waals surface area contributed by atoms with Crippen molar-refractivity contribution < 1.29 is 9.53 Å². The summed E-state index contributed by atoms with van der Waals surface area (Å²) >= 11 is 1.56. The predicted molar refractivity (Wildman–Crippen MR) is 67.3 cm³/mol. The molecule has 4 nitrogen and oxygen atoms in total. The molecule has 1 aromatic heterocycles. The molecule has 1 saturated heterocycles. The number of hydrogen-bond donors (Lipinski definition) is 0. The molecule has 0 N–H and O–H groups in total. The topological polar surface area (TPSA) is 42.4 Å². The Kier molecular flexibility index (Phi) is 4.12. The van der Waals surface area contributed by atoms with Crippen LogP contribution in [0.3, 0.4) is 0 Å². The first-order chi connectivity index (χ1) is 8.19. The van der Waals surface area contributed by atoms with Crippen LogP contribution >= 0.6 is 11.3 Å². The monoisotopic (exact) mass is 254 g/mol. The van der Waals surface area contributed by atoms with Gasteiger partial charge in [0.2, 0.25) is 0 Å². The Bertz CT molecular complexity index is 392. The summed E-state index contributed by atoms with van der Waals surface area (Å²) < 4.78 is 4.92. The first-order valence-corrected chi connectivity index (χ1v) is 6.85. The lowest BCUT2D eigenvalue weighted by atomic mass is 10.1. The third-order valence-electron chi connectivity index (χ3n) is 2.98. The van der Waals surface area contributed by atoms with Gasteiger partial charge in [-0.2, -0.15) is 0 Å². The van der Waals surface area contributed by atoms with Gasteiger partial charge in [0.15, 0.2) is 0 Å². The van der Waals surface area contributed by atoms with Crippen molar-refractivity contribution in [2.45, 2.75) is 25.7 Å². The molecule has 1 fully saturated rings. The van der Waals surface area contributed by atoms with Crippen LogP contribution in [0.4, 0.5) is 0 Å². The Morgan fingerprint density at radius 3 is 3.18 bits per heavy atom. The van der Waals surface area contributed by atoms with Crippen molar-refractivity contribution in [3.05, 3.63) is 16.1 Å². The molecule has 5 heteroatoms. The number of ether oxygens (including phenoxy) is 1. The van der Waals surface area contributed by atoms with Crippen molar-refractivity contribution >= 4 is 17.3 Å². The van der Waals surface area contributed by atoms with Crippen LogP contribution in [-0.4, -0.2) is 42.6 Å². The number of rotatable bonds is 4. The summed E-state index contributed by atoms with van der Waals surface area (Å²) in [7, 11) is 2.13. The second-order valence-corrected chi connectivity index (χ2v) is 5.34. The third kappa shape index (κ3) is 3.26. The van der Waals surface area contributed by atoms with Crippen LogP contribution in [0.5, 0.6) is 0 Å². The minimum Gasteiger partial charge on any atom is -0.466 e. The van der Waals surface area contributed by atoms with Gasteiger partial charge in [0.1, 0.15) is 5.01 Å². The normalized spacial score (nSPS) is 20.7. The van der Waals surface area contributed by atoms with E-state index in [0.717, 1.165) is 23.8 Å². The molecule has 1 aliphatic rings. The number of hydrogen-bond acceptors (Lipinski definition) is 5. The predicted octanol–water partition coefficient (Wildman–Crippen LogP) is 1.67. The maximum atomic E-state index is 11.3. The lowest BCUT2D eigenvalue weighted by Gasteiger charge is -2.07. The lowest BCUT2D eigenvalue weighted by Crippen LogP contribution is -2.13. The van der Waals surface area contributed by atoms with Gasteiger partial charge in [-0.25, -0.2) is 4.98 Å². The molecule has 0 radical (unpaired) electrons. The quantitative estimate of drug-likeness (QED) is 0.767. The molecule has 0 bridgehead atoms. The van der Waals surface area contributed by atoms with Crippen LogP contribution < -0.4 is 0 Å². The van der Waals surface area contributed by atoms with Crippen molar-refractivity contribution in [3.8, 4) is 0 Å². The first kappa shape index (κ1) is 12.5. The van der Waals surface area contributed by atoms with Gasteiger partial charge in [-0.05, 0) is 26.9 Å². The van der Waals surface area contributed by atoms with Gasteiger partial charge in [-0.3, -0.25) is 4.79 Å². The molecular formula is C12H18N2O2S. The summed E-state index contributed by atoms with van der Waals surface area (Å²) in [5.41, 5.74) is 1.14. The Morgan fingerprint density at radius 2 is 2.53 bits per heavy atom. The molecule has 0 aromatic carbocycles. The summed E-state index contributed by atoms with van der Waals surface area (Å²) in [5.74, 6) is 0.351. The van der Waals surface area contributed by atoms with E-state index in [1.807, 2.05) is 6.92 Å². The third-order valence-corrected chi connectivity index (χ3v) is 3.85. The Hall–Kier alpha value is -0.940. The molecule has 2 rings (SSSR count). The van der Waals surface area contributed by atoms with Crippen LogP contribution in [-0.2, 0) is 16.0 Å². The highest BCUT2D eigenvalue weighted by Gasteiger charge is 2.23. The number of likely N-dealkylation sites (tertiary alicyclic amines) is 1. The average Bonchev–Trinajstić information content (AvgIpc) is 2.87. The van der Waals surface area contributed by atoms with Gasteiger partial charge in [0.25, 0.3) is 0 Å². The van der Waals surface area contributed by atoms with Gasteiger partial charge in [0.05, 0.1) is 18.7 Å². The molecule has 1 atom stereocenters. The Labute approximate surface area is 106 Å². The smallest absolute Gasteiger partial charge is 0.312 e. The van der Waals surface area contributed by atoms with E-state index in [-0.39, 0.29) is 5.97 Å². The lowest BCUT2D eigenvalue weighted by molar-refractivity contribution is -0.142. The van der Waals surface area contributed by atoms with Gasteiger partial charge >= 0.3 is 5.97 Å². The van der Waals surface area contributed by atoms with Crippen molar-refractivity contribution in [2.24, 2.45) is 0 Å².